The van der Waals surface area contributed by atoms with Crippen molar-refractivity contribution in [3.63, 3.8) is 0 Å². The molecule has 3 N–H and O–H groups in total. The maximum absolute atomic E-state index is 11.4. The number of nitrogens with zero attached hydrogens (tertiary/aromatic N) is 2. The number of carbonyl (C=O) groups excluding carboxylic acids is 2. The fourth-order valence-electron chi connectivity index (χ4n) is 1.36. The van der Waals surface area contributed by atoms with E-state index in [4.69, 9.17) is 10.5 Å². The van der Waals surface area contributed by atoms with Gasteiger partial charge in [0.15, 0.2) is 0 Å². The minimum Gasteiger partial charge on any atom is -0.444 e. The maximum Gasteiger partial charge on any atom is 0.407 e. The SMILES string of the molecule is CC(C)(C)OC(=O)NCCCCCN(S)C(=O)N=CCN. The van der Waals surface area contributed by atoms with E-state index in [1.807, 2.05) is 20.8 Å². The summed E-state index contributed by atoms with van der Waals surface area (Å²) in [5.74, 6) is 0. The second kappa shape index (κ2) is 10.4. The van der Waals surface area contributed by atoms with Gasteiger partial charge in [-0.3, -0.25) is 4.31 Å². The van der Waals surface area contributed by atoms with Crippen LogP contribution in [-0.4, -0.2) is 47.9 Å². The smallest absolute Gasteiger partial charge is 0.407 e. The lowest BCUT2D eigenvalue weighted by atomic mass is 10.2. The number of amides is 3. The van der Waals surface area contributed by atoms with E-state index in [0.29, 0.717) is 13.1 Å². The quantitative estimate of drug-likeness (QED) is 0.380. The molecule has 0 atom stereocenters. The number of aliphatic imine (C=N–C) groups is 1. The first-order valence-corrected chi connectivity index (χ1v) is 7.36. The van der Waals surface area contributed by atoms with E-state index in [1.165, 1.54) is 10.5 Å². The predicted octanol–water partition coefficient (Wildman–Crippen LogP) is 1.98. The number of ether oxygens (including phenoxy) is 1. The summed E-state index contributed by atoms with van der Waals surface area (Å²) in [5, 5.41) is 2.68. The van der Waals surface area contributed by atoms with Crippen molar-refractivity contribution in [2.75, 3.05) is 19.6 Å². The van der Waals surface area contributed by atoms with Crippen molar-refractivity contribution in [1.82, 2.24) is 9.62 Å². The molecule has 0 aromatic carbocycles. The molecule has 0 aliphatic heterocycles. The monoisotopic (exact) mass is 318 g/mol. The van der Waals surface area contributed by atoms with Gasteiger partial charge in [0.25, 0.3) is 0 Å². The van der Waals surface area contributed by atoms with E-state index in [9.17, 15) is 9.59 Å². The highest BCUT2D eigenvalue weighted by Crippen LogP contribution is 2.07. The standard InChI is InChI=1S/C13H26N4O3S/c1-13(2,3)20-12(19)16-8-5-4-6-10-17(21)11(18)15-9-7-14/h9,21H,4-8,10,14H2,1-3H3,(H,16,19). The minimum absolute atomic E-state index is 0.226. The predicted molar refractivity (Wildman–Crippen MR) is 86.7 cm³/mol. The fraction of sp³-hybridized carbons (Fsp3) is 0.769. The minimum atomic E-state index is -0.485. The van der Waals surface area contributed by atoms with E-state index in [0.717, 1.165) is 19.3 Å². The number of urea groups is 1. The third kappa shape index (κ3) is 12.2. The molecule has 7 nitrogen and oxygen atoms in total. The molecule has 0 aliphatic carbocycles. The van der Waals surface area contributed by atoms with Crippen LogP contribution in [0.4, 0.5) is 9.59 Å². The van der Waals surface area contributed by atoms with Crippen molar-refractivity contribution >= 4 is 31.2 Å². The zero-order chi connectivity index (χ0) is 16.3. The Hall–Kier alpha value is -1.28. The van der Waals surface area contributed by atoms with Crippen molar-refractivity contribution in [2.45, 2.75) is 45.6 Å². The first-order valence-electron chi connectivity index (χ1n) is 6.96. The molecule has 0 aliphatic rings. The van der Waals surface area contributed by atoms with Gasteiger partial charge in [-0.15, -0.1) is 0 Å². The lowest BCUT2D eigenvalue weighted by molar-refractivity contribution is 0.0527. The van der Waals surface area contributed by atoms with Gasteiger partial charge in [-0.05, 0) is 40.0 Å². The largest absolute Gasteiger partial charge is 0.444 e. The van der Waals surface area contributed by atoms with Gasteiger partial charge < -0.3 is 15.8 Å². The third-order valence-corrected chi connectivity index (χ3v) is 2.61. The molecule has 21 heavy (non-hydrogen) atoms. The van der Waals surface area contributed by atoms with Gasteiger partial charge in [0, 0.05) is 25.8 Å². The van der Waals surface area contributed by atoms with Gasteiger partial charge in [0.05, 0.1) is 0 Å². The fourth-order valence-corrected chi connectivity index (χ4v) is 1.55. The van der Waals surface area contributed by atoms with Crippen LogP contribution in [0.15, 0.2) is 4.99 Å². The molecule has 0 fully saturated rings. The number of nitrogens with one attached hydrogen (secondary N) is 1. The average Bonchev–Trinajstić information content (AvgIpc) is 2.37. The van der Waals surface area contributed by atoms with Crippen LogP contribution >= 0.6 is 12.8 Å². The zero-order valence-electron chi connectivity index (χ0n) is 13.0. The summed E-state index contributed by atoms with van der Waals surface area (Å²) in [6, 6.07) is -0.421. The maximum atomic E-state index is 11.4. The molecule has 122 valence electrons. The Morgan fingerprint density at radius 1 is 1.33 bits per heavy atom. The van der Waals surface area contributed by atoms with Crippen LogP contribution in [0, 0.1) is 0 Å². The molecule has 0 bridgehead atoms. The summed E-state index contributed by atoms with van der Waals surface area (Å²) in [6.45, 7) is 6.72. The van der Waals surface area contributed by atoms with Crippen LogP contribution in [0.5, 0.6) is 0 Å². The summed E-state index contributed by atoms with van der Waals surface area (Å²) < 4.78 is 6.35. The topological polar surface area (TPSA) is 97.0 Å². The van der Waals surface area contributed by atoms with E-state index in [-0.39, 0.29) is 6.54 Å². The highest BCUT2D eigenvalue weighted by Gasteiger charge is 2.15. The van der Waals surface area contributed by atoms with Gasteiger partial charge >= 0.3 is 12.1 Å². The van der Waals surface area contributed by atoms with Crippen molar-refractivity contribution in [3.8, 4) is 0 Å². The van der Waals surface area contributed by atoms with Crippen LogP contribution in [0.2, 0.25) is 0 Å². The van der Waals surface area contributed by atoms with Gasteiger partial charge in [-0.25, -0.2) is 14.6 Å². The van der Waals surface area contributed by atoms with Crippen LogP contribution < -0.4 is 11.1 Å². The second-order valence-electron chi connectivity index (χ2n) is 5.44. The van der Waals surface area contributed by atoms with Crippen LogP contribution in [0.1, 0.15) is 40.0 Å². The molecule has 3 amide bonds. The average molecular weight is 318 g/mol. The number of hydrogen-bond donors (Lipinski definition) is 3. The van der Waals surface area contributed by atoms with Crippen molar-refractivity contribution in [3.05, 3.63) is 0 Å². The third-order valence-electron chi connectivity index (χ3n) is 2.24. The highest BCUT2D eigenvalue weighted by molar-refractivity contribution is 7.78. The zero-order valence-corrected chi connectivity index (χ0v) is 13.9. The Bertz CT molecular complexity index is 356. The first kappa shape index (κ1) is 19.7. The van der Waals surface area contributed by atoms with Gasteiger partial charge in [0.1, 0.15) is 5.60 Å². The number of rotatable bonds is 7. The molecular formula is C13H26N4O3S. The first-order chi connectivity index (χ1) is 9.76. The normalized spacial score (nSPS) is 11.5. The molecular weight excluding hydrogens is 292 g/mol. The van der Waals surface area contributed by atoms with Gasteiger partial charge in [-0.1, -0.05) is 12.8 Å². The molecule has 0 aromatic rings. The number of unbranched alkanes of at least 4 members (excludes halogenated alkanes) is 2. The Balaban J connectivity index is 3.62. The summed E-state index contributed by atoms with van der Waals surface area (Å²) in [7, 11) is 0. The Labute approximate surface area is 131 Å². The van der Waals surface area contributed by atoms with E-state index < -0.39 is 17.7 Å². The molecule has 0 saturated carbocycles. The number of alkyl carbamates (subject to hydrolysis) is 1. The highest BCUT2D eigenvalue weighted by atomic mass is 32.1. The van der Waals surface area contributed by atoms with Crippen LogP contribution in [0.3, 0.4) is 0 Å². The number of hydrogen-bond acceptors (Lipinski definition) is 5. The van der Waals surface area contributed by atoms with E-state index in [1.54, 1.807) is 0 Å². The number of carbonyl (C=O) groups is 2. The van der Waals surface area contributed by atoms with Crippen LogP contribution in [-0.2, 0) is 4.74 Å². The number of nitrogens with two attached hydrogens (primary N) is 1. The van der Waals surface area contributed by atoms with E-state index >= 15 is 0 Å². The Morgan fingerprint density at radius 2 is 2.00 bits per heavy atom. The summed E-state index contributed by atoms with van der Waals surface area (Å²) in [5.41, 5.74) is 4.72. The molecule has 0 unspecified atom stereocenters. The molecule has 8 heteroatoms. The summed E-state index contributed by atoms with van der Waals surface area (Å²) in [6.07, 6.45) is 3.38. The molecule has 0 spiro atoms. The molecule has 0 aromatic heterocycles. The van der Waals surface area contributed by atoms with Crippen LogP contribution in [0.25, 0.3) is 0 Å². The molecule has 0 radical (unpaired) electrons. The van der Waals surface area contributed by atoms with Gasteiger partial charge in [0.2, 0.25) is 0 Å². The van der Waals surface area contributed by atoms with Crippen molar-refractivity contribution in [1.29, 1.82) is 0 Å². The van der Waals surface area contributed by atoms with Gasteiger partial charge in [-0.2, -0.15) is 0 Å². The molecule has 0 rings (SSSR count). The molecule has 0 saturated heterocycles. The Kier molecular flexibility index (Phi) is 9.81. The summed E-state index contributed by atoms with van der Waals surface area (Å²) >= 11 is 4.04. The van der Waals surface area contributed by atoms with E-state index in [2.05, 4.69) is 23.1 Å². The summed E-state index contributed by atoms with van der Waals surface area (Å²) in [4.78, 5) is 26.3. The lowest BCUT2D eigenvalue weighted by Crippen LogP contribution is -2.33. The number of thiol groups is 1. The molecule has 0 heterocycles. The van der Waals surface area contributed by atoms with Crippen molar-refractivity contribution in [2.24, 2.45) is 10.7 Å². The lowest BCUT2D eigenvalue weighted by Gasteiger charge is -2.19. The van der Waals surface area contributed by atoms with Crippen molar-refractivity contribution < 1.29 is 14.3 Å². The Morgan fingerprint density at radius 3 is 2.57 bits per heavy atom. The second-order valence-corrected chi connectivity index (χ2v) is 5.93.